The predicted octanol–water partition coefficient (Wildman–Crippen LogP) is 2.38. The molecule has 0 saturated heterocycles. The van der Waals surface area contributed by atoms with Crippen LogP contribution in [0.4, 0.5) is 0 Å². The number of rotatable bonds is 3. The van der Waals surface area contributed by atoms with Crippen molar-refractivity contribution >= 4 is 5.52 Å². The average Bonchev–Trinajstić information content (AvgIpc) is 3.07. The molecule has 0 aliphatic heterocycles. The topological polar surface area (TPSA) is 79.0 Å². The third-order valence-corrected chi connectivity index (χ3v) is 2.89. The molecule has 100 valence electrons. The number of pyridine rings is 1. The molecule has 0 unspecified atom stereocenters. The maximum atomic E-state index is 9.16. The van der Waals surface area contributed by atoms with Crippen molar-refractivity contribution < 1.29 is 4.74 Å². The van der Waals surface area contributed by atoms with Gasteiger partial charge in [0, 0.05) is 23.5 Å². The monoisotopic (exact) mass is 267 g/mol. The zero-order valence-electron chi connectivity index (χ0n) is 11.2. The van der Waals surface area contributed by atoms with Gasteiger partial charge in [-0.2, -0.15) is 15.5 Å². The molecule has 3 rings (SSSR count). The Morgan fingerprint density at radius 3 is 2.85 bits per heavy atom. The van der Waals surface area contributed by atoms with Gasteiger partial charge in [-0.25, -0.2) is 4.52 Å². The first kappa shape index (κ1) is 12.2. The van der Waals surface area contributed by atoms with E-state index >= 15 is 0 Å². The number of nitriles is 1. The Hall–Kier alpha value is -2.81. The summed E-state index contributed by atoms with van der Waals surface area (Å²) in [5.41, 5.74) is 3.05. The lowest BCUT2D eigenvalue weighted by Gasteiger charge is -2.12. The van der Waals surface area contributed by atoms with Crippen LogP contribution in [-0.2, 0) is 0 Å². The molecular formula is C14H13N5O. The van der Waals surface area contributed by atoms with Crippen molar-refractivity contribution in [1.29, 1.82) is 5.26 Å². The van der Waals surface area contributed by atoms with E-state index in [1.54, 1.807) is 23.1 Å². The molecule has 0 spiro atoms. The van der Waals surface area contributed by atoms with E-state index in [1.807, 2.05) is 26.1 Å². The van der Waals surface area contributed by atoms with Crippen LogP contribution in [0.1, 0.15) is 19.4 Å². The van der Waals surface area contributed by atoms with Crippen LogP contribution in [0.25, 0.3) is 16.6 Å². The largest absolute Gasteiger partial charge is 0.489 e. The number of fused-ring (bicyclic) bond motifs is 1. The van der Waals surface area contributed by atoms with Crippen molar-refractivity contribution in [2.24, 2.45) is 0 Å². The van der Waals surface area contributed by atoms with E-state index in [0.29, 0.717) is 16.8 Å². The van der Waals surface area contributed by atoms with Gasteiger partial charge < -0.3 is 4.74 Å². The average molecular weight is 267 g/mol. The molecule has 1 N–H and O–H groups in total. The number of nitrogens with zero attached hydrogens (tertiary/aromatic N) is 4. The highest BCUT2D eigenvalue weighted by Gasteiger charge is 2.14. The Morgan fingerprint density at radius 1 is 1.35 bits per heavy atom. The lowest BCUT2D eigenvalue weighted by Crippen LogP contribution is -2.07. The summed E-state index contributed by atoms with van der Waals surface area (Å²) in [5.74, 6) is 0.646. The Kier molecular flexibility index (Phi) is 2.88. The second-order valence-corrected chi connectivity index (χ2v) is 4.71. The molecular weight excluding hydrogens is 254 g/mol. The Labute approximate surface area is 115 Å². The van der Waals surface area contributed by atoms with Gasteiger partial charge in [-0.05, 0) is 19.9 Å². The number of nitrogens with one attached hydrogen (secondary N) is 1. The first-order chi connectivity index (χ1) is 9.69. The zero-order chi connectivity index (χ0) is 14.1. The van der Waals surface area contributed by atoms with Crippen molar-refractivity contribution in [3.63, 3.8) is 0 Å². The third-order valence-electron chi connectivity index (χ3n) is 2.89. The van der Waals surface area contributed by atoms with Gasteiger partial charge in [-0.1, -0.05) is 0 Å². The van der Waals surface area contributed by atoms with E-state index in [0.717, 1.165) is 11.1 Å². The van der Waals surface area contributed by atoms with Crippen LogP contribution in [0.2, 0.25) is 0 Å². The molecule has 0 bridgehead atoms. The van der Waals surface area contributed by atoms with Gasteiger partial charge in [0.05, 0.1) is 18.5 Å². The van der Waals surface area contributed by atoms with E-state index in [9.17, 15) is 0 Å². The van der Waals surface area contributed by atoms with E-state index in [1.165, 1.54) is 0 Å². The quantitative estimate of drug-likeness (QED) is 0.790. The fourth-order valence-corrected chi connectivity index (χ4v) is 2.08. The zero-order valence-corrected chi connectivity index (χ0v) is 11.2. The summed E-state index contributed by atoms with van der Waals surface area (Å²) >= 11 is 0. The molecule has 0 amide bonds. The highest BCUT2D eigenvalue weighted by atomic mass is 16.5. The fourth-order valence-electron chi connectivity index (χ4n) is 2.08. The Morgan fingerprint density at radius 2 is 2.20 bits per heavy atom. The van der Waals surface area contributed by atoms with Gasteiger partial charge in [0.2, 0.25) is 0 Å². The molecule has 0 atom stereocenters. The molecule has 3 aromatic rings. The first-order valence-electron chi connectivity index (χ1n) is 6.26. The number of hydrogen-bond acceptors (Lipinski definition) is 4. The van der Waals surface area contributed by atoms with Crippen molar-refractivity contribution in [3.8, 4) is 22.9 Å². The van der Waals surface area contributed by atoms with Crippen LogP contribution < -0.4 is 4.74 Å². The molecule has 0 radical (unpaired) electrons. The Balaban J connectivity index is 2.24. The van der Waals surface area contributed by atoms with Gasteiger partial charge in [-0.15, -0.1) is 0 Å². The molecule has 6 nitrogen and oxygen atoms in total. The lowest BCUT2D eigenvalue weighted by molar-refractivity contribution is 0.244. The predicted molar refractivity (Wildman–Crippen MR) is 73.3 cm³/mol. The molecule has 3 aromatic heterocycles. The van der Waals surface area contributed by atoms with Crippen LogP contribution in [0.3, 0.4) is 0 Å². The van der Waals surface area contributed by atoms with Crippen LogP contribution in [0, 0.1) is 11.3 Å². The summed E-state index contributed by atoms with van der Waals surface area (Å²) in [7, 11) is 0. The molecule has 0 aliphatic carbocycles. The third kappa shape index (κ3) is 1.99. The molecule has 6 heteroatoms. The molecule has 0 aromatic carbocycles. The SMILES string of the molecule is CC(C)Oc1cc(-c2cn[nH]c2)cn2ncc(C#N)c12. The summed E-state index contributed by atoms with van der Waals surface area (Å²) in [6.07, 6.45) is 6.94. The second-order valence-electron chi connectivity index (χ2n) is 4.71. The fraction of sp³-hybridized carbons (Fsp3) is 0.214. The van der Waals surface area contributed by atoms with E-state index in [-0.39, 0.29) is 6.10 Å². The van der Waals surface area contributed by atoms with Crippen molar-refractivity contribution in [2.75, 3.05) is 0 Å². The minimum absolute atomic E-state index is 0.0137. The van der Waals surface area contributed by atoms with Crippen LogP contribution >= 0.6 is 0 Å². The van der Waals surface area contributed by atoms with Gasteiger partial charge >= 0.3 is 0 Å². The summed E-state index contributed by atoms with van der Waals surface area (Å²) in [4.78, 5) is 0. The van der Waals surface area contributed by atoms with Crippen LogP contribution in [0.5, 0.6) is 5.75 Å². The molecule has 3 heterocycles. The minimum Gasteiger partial charge on any atom is -0.489 e. The number of hydrogen-bond donors (Lipinski definition) is 1. The number of H-pyrrole nitrogens is 1. The highest BCUT2D eigenvalue weighted by Crippen LogP contribution is 2.30. The normalized spacial score (nSPS) is 10.9. The maximum absolute atomic E-state index is 9.16. The summed E-state index contributed by atoms with van der Waals surface area (Å²) in [6.45, 7) is 3.90. The van der Waals surface area contributed by atoms with Gasteiger partial charge in [-0.3, -0.25) is 5.10 Å². The lowest BCUT2D eigenvalue weighted by atomic mass is 10.1. The van der Waals surface area contributed by atoms with E-state index in [4.69, 9.17) is 10.00 Å². The van der Waals surface area contributed by atoms with Crippen LogP contribution in [-0.4, -0.2) is 25.9 Å². The second kappa shape index (κ2) is 4.70. The highest BCUT2D eigenvalue weighted by molar-refractivity contribution is 5.74. The number of aromatic nitrogens is 4. The van der Waals surface area contributed by atoms with Crippen molar-refractivity contribution in [2.45, 2.75) is 20.0 Å². The smallest absolute Gasteiger partial charge is 0.147 e. The van der Waals surface area contributed by atoms with E-state index in [2.05, 4.69) is 21.4 Å². The van der Waals surface area contributed by atoms with Crippen molar-refractivity contribution in [1.82, 2.24) is 19.8 Å². The molecule has 0 fully saturated rings. The molecule has 0 aliphatic rings. The summed E-state index contributed by atoms with van der Waals surface area (Å²) in [6, 6.07) is 4.04. The standard InChI is InChI=1S/C14H13N5O/c1-9(2)20-13-3-10(12-5-16-17-6-12)8-19-14(13)11(4-15)7-18-19/h3,5-9H,1-2H3,(H,16,17). The first-order valence-corrected chi connectivity index (χ1v) is 6.26. The van der Waals surface area contributed by atoms with Gasteiger partial charge in [0.1, 0.15) is 22.9 Å². The molecule has 0 saturated carbocycles. The van der Waals surface area contributed by atoms with E-state index < -0.39 is 0 Å². The number of ether oxygens (including phenoxy) is 1. The van der Waals surface area contributed by atoms with Gasteiger partial charge in [0.25, 0.3) is 0 Å². The number of aromatic amines is 1. The summed E-state index contributed by atoms with van der Waals surface area (Å²) in [5, 5.41) is 20.1. The maximum Gasteiger partial charge on any atom is 0.147 e. The summed E-state index contributed by atoms with van der Waals surface area (Å²) < 4.78 is 7.49. The van der Waals surface area contributed by atoms with Gasteiger partial charge in [0.15, 0.2) is 0 Å². The molecule has 20 heavy (non-hydrogen) atoms. The minimum atomic E-state index is 0.0137. The van der Waals surface area contributed by atoms with Crippen LogP contribution in [0.15, 0.2) is 30.9 Å². The Bertz CT molecular complexity index is 780. The van der Waals surface area contributed by atoms with Crippen molar-refractivity contribution in [3.05, 3.63) is 36.4 Å².